The summed E-state index contributed by atoms with van der Waals surface area (Å²) in [7, 11) is 0. The second-order valence-corrected chi connectivity index (χ2v) is 15.3. The third kappa shape index (κ3) is 33.3. The molecule has 0 aromatic carbocycles. The van der Waals surface area contributed by atoms with Crippen LogP contribution in [-0.2, 0) is 9.59 Å². The maximum absolute atomic E-state index is 12.7. The molecule has 0 unspecified atom stereocenters. The fourth-order valence-electron chi connectivity index (χ4n) is 7.21. The third-order valence-electron chi connectivity index (χ3n) is 10.6. The molecule has 0 atom stereocenters. The SMILES string of the molecule is CCCCCCCCC=CCCCCCCCCC(CCCCCCCCC=CCCCCCCCC)(CCCCCCC(=O)O)C(=O)O. The molecule has 0 bridgehead atoms. The highest BCUT2D eigenvalue weighted by molar-refractivity contribution is 5.74. The molecule has 4 nitrogen and oxygen atoms in total. The number of unbranched alkanes of at least 4 members (excludes halogenated alkanes) is 27. The van der Waals surface area contributed by atoms with Crippen molar-refractivity contribution >= 4 is 11.9 Å². The van der Waals surface area contributed by atoms with E-state index in [9.17, 15) is 14.7 Å². The van der Waals surface area contributed by atoms with Crippen molar-refractivity contribution in [3.8, 4) is 0 Å². The average Bonchev–Trinajstić information content (AvgIpc) is 3.08. The van der Waals surface area contributed by atoms with E-state index >= 15 is 0 Å². The van der Waals surface area contributed by atoms with Gasteiger partial charge in [0.15, 0.2) is 0 Å². The number of aliphatic carboxylic acids is 2. The number of carbonyl (C=O) groups is 2. The average molecular weight is 689 g/mol. The van der Waals surface area contributed by atoms with Gasteiger partial charge in [0.2, 0.25) is 0 Å². The van der Waals surface area contributed by atoms with Crippen LogP contribution in [0.2, 0.25) is 0 Å². The van der Waals surface area contributed by atoms with Gasteiger partial charge in [-0.1, -0.05) is 186 Å². The summed E-state index contributed by atoms with van der Waals surface area (Å²) < 4.78 is 0. The Morgan fingerprint density at radius 1 is 0.388 bits per heavy atom. The Hall–Kier alpha value is -1.58. The van der Waals surface area contributed by atoms with Crippen LogP contribution in [-0.4, -0.2) is 22.2 Å². The molecule has 0 aliphatic rings. The second kappa shape index (κ2) is 37.7. The molecule has 0 aromatic heterocycles. The number of allylic oxidation sites excluding steroid dienone is 4. The summed E-state index contributed by atoms with van der Waals surface area (Å²) in [4.78, 5) is 23.6. The van der Waals surface area contributed by atoms with Crippen molar-refractivity contribution in [2.24, 2.45) is 5.41 Å². The van der Waals surface area contributed by atoms with E-state index in [0.29, 0.717) is 6.42 Å². The van der Waals surface area contributed by atoms with Gasteiger partial charge in [0.05, 0.1) is 5.41 Å². The van der Waals surface area contributed by atoms with Gasteiger partial charge in [-0.15, -0.1) is 0 Å². The van der Waals surface area contributed by atoms with Crippen LogP contribution in [0.1, 0.15) is 245 Å². The summed E-state index contributed by atoms with van der Waals surface area (Å²) in [6.07, 6.45) is 51.0. The van der Waals surface area contributed by atoms with E-state index in [4.69, 9.17) is 5.11 Å². The zero-order valence-corrected chi connectivity index (χ0v) is 33.0. The van der Waals surface area contributed by atoms with Crippen molar-refractivity contribution in [3.63, 3.8) is 0 Å². The van der Waals surface area contributed by atoms with Gasteiger partial charge in [-0.25, -0.2) is 0 Å². The van der Waals surface area contributed by atoms with E-state index in [1.807, 2.05) is 0 Å². The van der Waals surface area contributed by atoms with Gasteiger partial charge < -0.3 is 10.2 Å². The molecule has 2 N–H and O–H groups in total. The molecule has 0 aliphatic heterocycles. The molecule has 0 amide bonds. The number of carboxylic acids is 2. The quantitative estimate of drug-likeness (QED) is 0.0496. The molecule has 0 saturated heterocycles. The number of hydrogen-bond acceptors (Lipinski definition) is 2. The van der Waals surface area contributed by atoms with Crippen LogP contribution in [0.25, 0.3) is 0 Å². The predicted octanol–water partition coefficient (Wildman–Crippen LogP) is 15.3. The molecular weight excluding hydrogens is 604 g/mol. The van der Waals surface area contributed by atoms with Gasteiger partial charge in [0.25, 0.3) is 0 Å². The molecule has 0 aliphatic carbocycles. The monoisotopic (exact) mass is 689 g/mol. The summed E-state index contributed by atoms with van der Waals surface area (Å²) in [6, 6.07) is 0. The third-order valence-corrected chi connectivity index (χ3v) is 10.6. The van der Waals surface area contributed by atoms with E-state index in [2.05, 4.69) is 38.2 Å². The first-order valence-corrected chi connectivity index (χ1v) is 21.7. The van der Waals surface area contributed by atoms with Crippen LogP contribution < -0.4 is 0 Å². The molecule has 288 valence electrons. The highest BCUT2D eigenvalue weighted by Crippen LogP contribution is 2.38. The Labute approximate surface area is 305 Å². The van der Waals surface area contributed by atoms with Gasteiger partial charge in [0.1, 0.15) is 0 Å². The van der Waals surface area contributed by atoms with Gasteiger partial charge >= 0.3 is 11.9 Å². The molecule has 0 rings (SSSR count). The van der Waals surface area contributed by atoms with Crippen molar-refractivity contribution in [2.45, 2.75) is 245 Å². The highest BCUT2D eigenvalue weighted by Gasteiger charge is 2.36. The van der Waals surface area contributed by atoms with Crippen LogP contribution >= 0.6 is 0 Å². The van der Waals surface area contributed by atoms with E-state index < -0.39 is 17.4 Å². The lowest BCUT2D eigenvalue weighted by Crippen LogP contribution is -2.31. The predicted molar refractivity (Wildman–Crippen MR) is 214 cm³/mol. The lowest BCUT2D eigenvalue weighted by atomic mass is 9.74. The van der Waals surface area contributed by atoms with Crippen molar-refractivity contribution in [3.05, 3.63) is 24.3 Å². The highest BCUT2D eigenvalue weighted by atomic mass is 16.4. The minimum Gasteiger partial charge on any atom is -0.481 e. The van der Waals surface area contributed by atoms with Crippen molar-refractivity contribution < 1.29 is 19.8 Å². The normalized spacial score (nSPS) is 13.1. The number of rotatable bonds is 40. The van der Waals surface area contributed by atoms with Gasteiger partial charge in [-0.2, -0.15) is 0 Å². The summed E-state index contributed by atoms with van der Waals surface area (Å²) in [5.74, 6) is -1.33. The topological polar surface area (TPSA) is 74.6 Å². The van der Waals surface area contributed by atoms with Gasteiger partial charge in [-0.3, -0.25) is 9.59 Å². The maximum Gasteiger partial charge on any atom is 0.309 e. The fraction of sp³-hybridized carbons (Fsp3) is 0.867. The molecule has 49 heavy (non-hydrogen) atoms. The van der Waals surface area contributed by atoms with E-state index in [0.717, 1.165) is 64.2 Å². The smallest absolute Gasteiger partial charge is 0.309 e. The molecular formula is C45H84O4. The van der Waals surface area contributed by atoms with E-state index in [1.165, 1.54) is 154 Å². The molecule has 4 heteroatoms. The first-order valence-electron chi connectivity index (χ1n) is 21.7. The summed E-state index contributed by atoms with van der Waals surface area (Å²) in [6.45, 7) is 4.54. The van der Waals surface area contributed by atoms with Gasteiger partial charge in [0, 0.05) is 6.42 Å². The number of hydrogen-bond donors (Lipinski definition) is 2. The lowest BCUT2D eigenvalue weighted by Gasteiger charge is -2.30. The molecule has 0 saturated carbocycles. The van der Waals surface area contributed by atoms with Crippen LogP contribution in [0.4, 0.5) is 0 Å². The van der Waals surface area contributed by atoms with Gasteiger partial charge in [-0.05, 0) is 77.0 Å². The van der Waals surface area contributed by atoms with Crippen molar-refractivity contribution in [1.82, 2.24) is 0 Å². The van der Waals surface area contributed by atoms with E-state index in [-0.39, 0.29) is 6.42 Å². The van der Waals surface area contributed by atoms with E-state index in [1.54, 1.807) is 0 Å². The second-order valence-electron chi connectivity index (χ2n) is 15.3. The standard InChI is InChI=1S/C45H84O4/c1-3-5-7-9-11-13-15-17-19-21-23-25-27-29-32-36-40-45(44(48)49,42-38-34-31-35-39-43(46)47)41-37-33-30-28-26-24-22-20-18-16-14-12-10-8-6-4-2/h17-20H,3-16,21-42H2,1-2H3,(H,46,47)(H,48,49). The molecule has 0 aromatic rings. The van der Waals surface area contributed by atoms with Crippen molar-refractivity contribution in [2.75, 3.05) is 0 Å². The summed E-state index contributed by atoms with van der Waals surface area (Å²) >= 11 is 0. The molecule has 0 heterocycles. The largest absolute Gasteiger partial charge is 0.481 e. The zero-order valence-electron chi connectivity index (χ0n) is 33.0. The Balaban J connectivity index is 4.29. The maximum atomic E-state index is 12.7. The van der Waals surface area contributed by atoms with Crippen LogP contribution in [0.5, 0.6) is 0 Å². The molecule has 0 spiro atoms. The zero-order chi connectivity index (χ0) is 35.9. The first kappa shape index (κ1) is 47.4. The fourth-order valence-corrected chi connectivity index (χ4v) is 7.21. The minimum atomic E-state index is -0.736. The summed E-state index contributed by atoms with van der Waals surface area (Å²) in [5.41, 5.74) is -0.603. The Morgan fingerprint density at radius 2 is 0.653 bits per heavy atom. The van der Waals surface area contributed by atoms with Crippen molar-refractivity contribution in [1.29, 1.82) is 0 Å². The summed E-state index contributed by atoms with van der Waals surface area (Å²) in [5, 5.41) is 19.4. The van der Waals surface area contributed by atoms with Crippen LogP contribution in [0.3, 0.4) is 0 Å². The Bertz CT molecular complexity index is 728. The lowest BCUT2D eigenvalue weighted by molar-refractivity contribution is -0.150. The van der Waals surface area contributed by atoms with Crippen LogP contribution in [0.15, 0.2) is 24.3 Å². The molecule has 0 radical (unpaired) electrons. The number of carboxylic acid groups (broad SMARTS) is 2. The Morgan fingerprint density at radius 3 is 0.939 bits per heavy atom. The van der Waals surface area contributed by atoms with Crippen LogP contribution in [0, 0.1) is 5.41 Å². The first-order chi connectivity index (χ1) is 24.0. The Kier molecular flexibility index (Phi) is 36.5. The molecule has 0 fully saturated rings. The minimum absolute atomic E-state index is 0.217.